The Labute approximate surface area is 164 Å². The minimum atomic E-state index is -0.884. The molecule has 0 aliphatic heterocycles. The van der Waals surface area contributed by atoms with Gasteiger partial charge in [-0.3, -0.25) is 14.9 Å². The number of carbonyl (C=O) groups excluding carboxylic acids is 2. The number of nitro benzene ring substituents is 1. The van der Waals surface area contributed by atoms with Crippen LogP contribution in [-0.2, 0) is 9.53 Å². The molecule has 0 saturated carbocycles. The number of esters is 1. The van der Waals surface area contributed by atoms with Gasteiger partial charge in [0.25, 0.3) is 11.6 Å². The molecule has 142 valence electrons. The van der Waals surface area contributed by atoms with E-state index in [1.165, 1.54) is 12.1 Å². The van der Waals surface area contributed by atoms with Gasteiger partial charge in [0.2, 0.25) is 0 Å². The molecule has 10 heteroatoms. The van der Waals surface area contributed by atoms with E-state index in [-0.39, 0.29) is 11.3 Å². The summed E-state index contributed by atoms with van der Waals surface area (Å²) in [7, 11) is 0. The number of nitrogens with one attached hydrogen (secondary N) is 1. The predicted octanol–water partition coefficient (Wildman–Crippen LogP) is 3.52. The van der Waals surface area contributed by atoms with Crippen LogP contribution in [0.25, 0.3) is 0 Å². The third kappa shape index (κ3) is 5.32. The Bertz CT molecular complexity index is 904. The first-order chi connectivity index (χ1) is 12.7. The third-order valence-corrected chi connectivity index (χ3v) is 4.17. The topological polar surface area (TPSA) is 125 Å². The highest BCUT2D eigenvalue weighted by molar-refractivity contribution is 6.35. The van der Waals surface area contributed by atoms with Gasteiger partial charge >= 0.3 is 5.97 Å². The second-order valence-corrected chi connectivity index (χ2v) is 6.41. The number of halogens is 2. The van der Waals surface area contributed by atoms with E-state index in [0.717, 1.165) is 6.07 Å². The maximum Gasteiger partial charge on any atom is 0.338 e. The van der Waals surface area contributed by atoms with E-state index in [1.54, 1.807) is 25.1 Å². The van der Waals surface area contributed by atoms with E-state index in [2.05, 4.69) is 5.32 Å². The van der Waals surface area contributed by atoms with E-state index in [4.69, 9.17) is 33.7 Å². The fourth-order valence-corrected chi connectivity index (χ4v) is 2.83. The third-order valence-electron chi connectivity index (χ3n) is 3.60. The summed E-state index contributed by atoms with van der Waals surface area (Å²) in [4.78, 5) is 34.1. The number of benzene rings is 2. The van der Waals surface area contributed by atoms with Gasteiger partial charge in [-0.05, 0) is 36.8 Å². The molecule has 2 aromatic carbocycles. The summed E-state index contributed by atoms with van der Waals surface area (Å²) in [5.41, 5.74) is 5.53. The van der Waals surface area contributed by atoms with Gasteiger partial charge in [-0.25, -0.2) is 4.79 Å². The lowest BCUT2D eigenvalue weighted by molar-refractivity contribution is -0.383. The highest BCUT2D eigenvalue weighted by atomic mass is 35.5. The molecule has 0 aliphatic carbocycles. The van der Waals surface area contributed by atoms with E-state index in [9.17, 15) is 19.7 Å². The fraction of sp³-hybridized carbons (Fsp3) is 0.176. The van der Waals surface area contributed by atoms with Gasteiger partial charge in [0.1, 0.15) is 5.69 Å². The number of rotatable bonds is 6. The molecule has 3 N–H and O–H groups in total. The van der Waals surface area contributed by atoms with Crippen LogP contribution in [0.5, 0.6) is 0 Å². The summed E-state index contributed by atoms with van der Waals surface area (Å²) in [5.74, 6) is -1.45. The molecule has 0 saturated heterocycles. The first-order valence-electron chi connectivity index (χ1n) is 7.64. The summed E-state index contributed by atoms with van der Waals surface area (Å²) in [6.07, 6.45) is 0. The van der Waals surface area contributed by atoms with Gasteiger partial charge in [-0.1, -0.05) is 29.3 Å². The second kappa shape index (κ2) is 8.70. The van der Waals surface area contributed by atoms with Gasteiger partial charge in [0.15, 0.2) is 6.61 Å². The number of nitro groups is 1. The summed E-state index contributed by atoms with van der Waals surface area (Å²) in [5, 5.41) is 14.3. The molecule has 27 heavy (non-hydrogen) atoms. The van der Waals surface area contributed by atoms with Crippen molar-refractivity contribution in [2.75, 3.05) is 12.3 Å². The Balaban J connectivity index is 1.96. The van der Waals surface area contributed by atoms with Crippen LogP contribution in [0.15, 0.2) is 36.4 Å². The zero-order valence-corrected chi connectivity index (χ0v) is 15.6. The Morgan fingerprint density at radius 2 is 1.96 bits per heavy atom. The summed E-state index contributed by atoms with van der Waals surface area (Å²) in [6, 6.07) is 7.91. The van der Waals surface area contributed by atoms with Crippen LogP contribution in [0, 0.1) is 10.1 Å². The zero-order chi connectivity index (χ0) is 20.1. The monoisotopic (exact) mass is 411 g/mol. The Morgan fingerprint density at radius 3 is 2.59 bits per heavy atom. The molecule has 0 bridgehead atoms. The van der Waals surface area contributed by atoms with Crippen LogP contribution >= 0.6 is 23.2 Å². The van der Waals surface area contributed by atoms with Crippen molar-refractivity contribution in [3.8, 4) is 0 Å². The zero-order valence-electron chi connectivity index (χ0n) is 14.1. The number of hydrogen-bond donors (Lipinski definition) is 2. The fourth-order valence-electron chi connectivity index (χ4n) is 2.26. The number of nitrogens with two attached hydrogens (primary N) is 1. The molecular weight excluding hydrogens is 397 g/mol. The molecule has 0 fully saturated rings. The molecule has 0 aliphatic rings. The molecule has 0 aromatic heterocycles. The van der Waals surface area contributed by atoms with Crippen LogP contribution in [-0.4, -0.2) is 23.4 Å². The molecule has 8 nitrogen and oxygen atoms in total. The highest BCUT2D eigenvalue weighted by Gasteiger charge is 2.18. The Kier molecular flexibility index (Phi) is 6.59. The number of ether oxygens (including phenoxy) is 1. The van der Waals surface area contributed by atoms with Crippen molar-refractivity contribution in [1.29, 1.82) is 0 Å². The first-order valence-corrected chi connectivity index (χ1v) is 8.40. The van der Waals surface area contributed by atoms with Crippen molar-refractivity contribution in [2.24, 2.45) is 0 Å². The Hall–Kier alpha value is -2.84. The summed E-state index contributed by atoms with van der Waals surface area (Å²) >= 11 is 11.9. The van der Waals surface area contributed by atoms with Crippen molar-refractivity contribution in [2.45, 2.75) is 13.0 Å². The molecule has 2 aromatic rings. The van der Waals surface area contributed by atoms with E-state index in [0.29, 0.717) is 15.6 Å². The normalized spacial score (nSPS) is 11.5. The lowest BCUT2D eigenvalue weighted by Gasteiger charge is -2.16. The number of carbonyl (C=O) groups is 2. The van der Waals surface area contributed by atoms with Gasteiger partial charge in [0, 0.05) is 16.1 Å². The largest absolute Gasteiger partial charge is 0.452 e. The first kappa shape index (κ1) is 20.5. The highest BCUT2D eigenvalue weighted by Crippen LogP contribution is 2.26. The minimum absolute atomic E-state index is 0.0806. The summed E-state index contributed by atoms with van der Waals surface area (Å²) in [6.45, 7) is 1.14. The van der Waals surface area contributed by atoms with Crippen molar-refractivity contribution in [1.82, 2.24) is 5.32 Å². The van der Waals surface area contributed by atoms with E-state index < -0.39 is 35.1 Å². The van der Waals surface area contributed by atoms with Gasteiger partial charge in [0.05, 0.1) is 16.5 Å². The van der Waals surface area contributed by atoms with Crippen molar-refractivity contribution < 1.29 is 19.2 Å². The van der Waals surface area contributed by atoms with Crippen LogP contribution in [0.3, 0.4) is 0 Å². The average molecular weight is 412 g/mol. The molecule has 0 heterocycles. The van der Waals surface area contributed by atoms with Crippen molar-refractivity contribution in [3.63, 3.8) is 0 Å². The SMILES string of the molecule is CC(NC(=O)COC(=O)c1ccc(N)c([N+](=O)[O-])c1)c1ccc(Cl)cc1Cl. The number of amides is 1. The molecule has 1 atom stereocenters. The molecule has 1 amide bonds. The molecule has 2 rings (SSSR count). The Morgan fingerprint density at radius 1 is 1.26 bits per heavy atom. The van der Waals surface area contributed by atoms with Crippen LogP contribution in [0.4, 0.5) is 11.4 Å². The maximum absolute atomic E-state index is 12.0. The van der Waals surface area contributed by atoms with Crippen LogP contribution < -0.4 is 11.1 Å². The van der Waals surface area contributed by atoms with Gasteiger partial charge in [-0.2, -0.15) is 0 Å². The second-order valence-electron chi connectivity index (χ2n) is 5.56. The molecule has 0 spiro atoms. The molecular formula is C17H15Cl2N3O5. The standard InChI is InChI=1S/C17H15Cl2N3O5/c1-9(12-4-3-11(18)7-13(12)19)21-16(23)8-27-17(24)10-2-5-14(20)15(6-10)22(25)26/h2-7,9H,8,20H2,1H3,(H,21,23). The van der Waals surface area contributed by atoms with Crippen LogP contribution in [0.2, 0.25) is 10.0 Å². The van der Waals surface area contributed by atoms with E-state index in [1.807, 2.05) is 0 Å². The van der Waals surface area contributed by atoms with Crippen molar-refractivity contribution in [3.05, 3.63) is 67.7 Å². The number of hydrogen-bond acceptors (Lipinski definition) is 6. The minimum Gasteiger partial charge on any atom is -0.452 e. The molecule has 1 unspecified atom stereocenters. The number of nitrogen functional groups attached to an aromatic ring is 1. The lowest BCUT2D eigenvalue weighted by Crippen LogP contribution is -2.31. The van der Waals surface area contributed by atoms with Gasteiger partial charge in [-0.15, -0.1) is 0 Å². The van der Waals surface area contributed by atoms with Gasteiger partial charge < -0.3 is 15.8 Å². The lowest BCUT2D eigenvalue weighted by atomic mass is 10.1. The average Bonchev–Trinajstić information content (AvgIpc) is 2.59. The number of nitrogens with zero attached hydrogens (tertiary/aromatic N) is 1. The number of anilines is 1. The molecule has 0 radical (unpaired) electrons. The van der Waals surface area contributed by atoms with Crippen molar-refractivity contribution >= 4 is 46.5 Å². The summed E-state index contributed by atoms with van der Waals surface area (Å²) < 4.78 is 4.88. The van der Waals surface area contributed by atoms with E-state index >= 15 is 0 Å². The smallest absolute Gasteiger partial charge is 0.338 e. The maximum atomic E-state index is 12.0. The van der Waals surface area contributed by atoms with Crippen LogP contribution in [0.1, 0.15) is 28.9 Å². The predicted molar refractivity (Wildman–Crippen MR) is 101 cm³/mol. The quantitative estimate of drug-likeness (QED) is 0.324.